The van der Waals surface area contributed by atoms with Gasteiger partial charge in [-0.05, 0) is 43.9 Å². The van der Waals surface area contributed by atoms with E-state index in [1.54, 1.807) is 6.08 Å². The fourth-order valence-corrected chi connectivity index (χ4v) is 1.94. The van der Waals surface area contributed by atoms with Crippen LogP contribution in [0.4, 0.5) is 0 Å². The highest BCUT2D eigenvalue weighted by Crippen LogP contribution is 2.10. The van der Waals surface area contributed by atoms with Crippen molar-refractivity contribution in [1.29, 1.82) is 0 Å². The van der Waals surface area contributed by atoms with Crippen LogP contribution in [0.5, 0.6) is 0 Å². The van der Waals surface area contributed by atoms with E-state index in [0.29, 0.717) is 18.2 Å². The Morgan fingerprint density at radius 3 is 2.84 bits per heavy atom. The van der Waals surface area contributed by atoms with Crippen molar-refractivity contribution in [3.05, 3.63) is 29.7 Å². The maximum atomic E-state index is 11.6. The predicted octanol–water partition coefficient (Wildman–Crippen LogP) is 2.52. The molecule has 1 rings (SSSR count). The van der Waals surface area contributed by atoms with Crippen molar-refractivity contribution in [3.8, 4) is 0 Å². The first kappa shape index (κ1) is 15.5. The molecule has 0 saturated heterocycles. The van der Waals surface area contributed by atoms with Gasteiger partial charge < -0.3 is 14.8 Å². The van der Waals surface area contributed by atoms with Crippen molar-refractivity contribution in [2.24, 2.45) is 5.92 Å². The van der Waals surface area contributed by atoms with Crippen LogP contribution >= 0.6 is 0 Å². The maximum absolute atomic E-state index is 11.6. The normalized spacial score (nSPS) is 12.8. The fraction of sp³-hybridized carbons (Fsp3) is 0.533. The summed E-state index contributed by atoms with van der Waals surface area (Å²) in [5.74, 6) is 1.71. The topological polar surface area (TPSA) is 62.5 Å². The van der Waals surface area contributed by atoms with Crippen LogP contribution in [0.25, 0.3) is 6.08 Å². The van der Waals surface area contributed by atoms with E-state index in [1.807, 2.05) is 19.1 Å². The summed E-state index contributed by atoms with van der Waals surface area (Å²) in [6.07, 6.45) is 5.93. The average Bonchev–Trinajstić information content (AvgIpc) is 2.80. The van der Waals surface area contributed by atoms with Gasteiger partial charge in [-0.1, -0.05) is 13.3 Å². The standard InChI is InChI=1S/C15H23NO3/c1-3-4-13(9-10-17)11-16-15(18)8-7-14-6-5-12(2)19-14/h5-8,13,17H,3-4,9-11H2,1-2H3,(H,16,18)/b8-7+. The van der Waals surface area contributed by atoms with E-state index in [9.17, 15) is 4.79 Å². The second-order valence-electron chi connectivity index (χ2n) is 4.69. The largest absolute Gasteiger partial charge is 0.462 e. The van der Waals surface area contributed by atoms with Gasteiger partial charge in [0.25, 0.3) is 0 Å². The highest BCUT2D eigenvalue weighted by molar-refractivity contribution is 5.91. The van der Waals surface area contributed by atoms with Crippen molar-refractivity contribution in [2.45, 2.75) is 33.1 Å². The molecule has 0 fully saturated rings. The Bertz CT molecular complexity index is 403. The number of aryl methyl sites for hydroxylation is 1. The molecule has 1 unspecified atom stereocenters. The van der Waals surface area contributed by atoms with Crippen molar-refractivity contribution in [1.82, 2.24) is 5.32 Å². The van der Waals surface area contributed by atoms with Crippen LogP contribution in [0.2, 0.25) is 0 Å². The van der Waals surface area contributed by atoms with Crippen LogP contribution in [-0.4, -0.2) is 24.2 Å². The fourth-order valence-electron chi connectivity index (χ4n) is 1.94. The lowest BCUT2D eigenvalue weighted by atomic mass is 10.0. The molecular weight excluding hydrogens is 242 g/mol. The average molecular weight is 265 g/mol. The molecule has 0 aliphatic carbocycles. The molecule has 1 aromatic rings. The quantitative estimate of drug-likeness (QED) is 0.710. The molecule has 1 amide bonds. The highest BCUT2D eigenvalue weighted by Gasteiger charge is 2.08. The zero-order valence-electron chi connectivity index (χ0n) is 11.7. The van der Waals surface area contributed by atoms with Gasteiger partial charge in [0.2, 0.25) is 5.91 Å². The molecule has 19 heavy (non-hydrogen) atoms. The Hall–Kier alpha value is -1.55. The molecule has 1 heterocycles. The molecular formula is C15H23NO3. The minimum absolute atomic E-state index is 0.131. The zero-order valence-corrected chi connectivity index (χ0v) is 11.7. The summed E-state index contributed by atoms with van der Waals surface area (Å²) in [6, 6.07) is 3.68. The Morgan fingerprint density at radius 2 is 2.26 bits per heavy atom. The van der Waals surface area contributed by atoms with Crippen molar-refractivity contribution < 1.29 is 14.3 Å². The smallest absolute Gasteiger partial charge is 0.244 e. The Labute approximate surface area is 114 Å². The van der Waals surface area contributed by atoms with Crippen LogP contribution in [-0.2, 0) is 4.79 Å². The summed E-state index contributed by atoms with van der Waals surface area (Å²) >= 11 is 0. The van der Waals surface area contributed by atoms with E-state index in [0.717, 1.165) is 25.0 Å². The molecule has 2 N–H and O–H groups in total. The van der Waals surface area contributed by atoms with E-state index in [4.69, 9.17) is 9.52 Å². The summed E-state index contributed by atoms with van der Waals surface area (Å²) in [5.41, 5.74) is 0. The summed E-state index contributed by atoms with van der Waals surface area (Å²) in [4.78, 5) is 11.6. The minimum atomic E-state index is -0.131. The van der Waals surface area contributed by atoms with Gasteiger partial charge in [-0.2, -0.15) is 0 Å². The molecule has 0 aliphatic rings. The monoisotopic (exact) mass is 265 g/mol. The number of nitrogens with one attached hydrogen (secondary N) is 1. The summed E-state index contributed by atoms with van der Waals surface area (Å²) in [7, 11) is 0. The molecule has 0 aliphatic heterocycles. The lowest BCUT2D eigenvalue weighted by molar-refractivity contribution is -0.116. The lowest BCUT2D eigenvalue weighted by Crippen LogP contribution is -2.28. The number of rotatable bonds is 8. The number of furan rings is 1. The van der Waals surface area contributed by atoms with Gasteiger partial charge >= 0.3 is 0 Å². The minimum Gasteiger partial charge on any atom is -0.462 e. The number of carbonyl (C=O) groups is 1. The molecule has 0 saturated carbocycles. The van der Waals surface area contributed by atoms with Gasteiger partial charge in [0.15, 0.2) is 0 Å². The second kappa shape index (κ2) is 8.53. The number of aliphatic hydroxyl groups is 1. The molecule has 0 spiro atoms. The third-order valence-corrected chi connectivity index (χ3v) is 2.96. The van der Waals surface area contributed by atoms with Gasteiger partial charge in [0.05, 0.1) is 0 Å². The first-order chi connectivity index (χ1) is 9.15. The SMILES string of the molecule is CCCC(CCO)CNC(=O)/C=C/c1ccc(C)o1. The Morgan fingerprint density at radius 1 is 1.47 bits per heavy atom. The molecule has 0 bridgehead atoms. The third kappa shape index (κ3) is 6.25. The molecule has 0 aromatic carbocycles. The van der Waals surface area contributed by atoms with Gasteiger partial charge in [0, 0.05) is 19.2 Å². The zero-order chi connectivity index (χ0) is 14.1. The highest BCUT2D eigenvalue weighted by atomic mass is 16.3. The Balaban J connectivity index is 2.35. The van der Waals surface area contributed by atoms with Gasteiger partial charge in [-0.3, -0.25) is 4.79 Å². The maximum Gasteiger partial charge on any atom is 0.244 e. The number of carbonyl (C=O) groups excluding carboxylic acids is 1. The van der Waals surface area contributed by atoms with Crippen molar-refractivity contribution in [3.63, 3.8) is 0 Å². The third-order valence-electron chi connectivity index (χ3n) is 2.96. The number of aliphatic hydroxyl groups excluding tert-OH is 1. The van der Waals surface area contributed by atoms with Crippen LogP contribution in [0.3, 0.4) is 0 Å². The number of hydrogen-bond donors (Lipinski definition) is 2. The van der Waals surface area contributed by atoms with Crippen LogP contribution in [0.1, 0.15) is 37.7 Å². The lowest BCUT2D eigenvalue weighted by Gasteiger charge is -2.14. The number of amides is 1. The van der Waals surface area contributed by atoms with Gasteiger partial charge in [0.1, 0.15) is 11.5 Å². The molecule has 4 nitrogen and oxygen atoms in total. The van der Waals surface area contributed by atoms with Gasteiger partial charge in [-0.25, -0.2) is 0 Å². The summed E-state index contributed by atoms with van der Waals surface area (Å²) < 4.78 is 5.34. The first-order valence-corrected chi connectivity index (χ1v) is 6.79. The van der Waals surface area contributed by atoms with E-state index in [-0.39, 0.29) is 12.5 Å². The summed E-state index contributed by atoms with van der Waals surface area (Å²) in [5, 5.41) is 11.8. The van der Waals surface area contributed by atoms with Crippen LogP contribution in [0, 0.1) is 12.8 Å². The van der Waals surface area contributed by atoms with Crippen molar-refractivity contribution >= 4 is 12.0 Å². The molecule has 1 aromatic heterocycles. The molecule has 0 radical (unpaired) electrons. The van der Waals surface area contributed by atoms with Crippen LogP contribution < -0.4 is 5.32 Å². The van der Waals surface area contributed by atoms with E-state index in [2.05, 4.69) is 12.2 Å². The van der Waals surface area contributed by atoms with E-state index < -0.39 is 0 Å². The summed E-state index contributed by atoms with van der Waals surface area (Å²) in [6.45, 7) is 4.74. The van der Waals surface area contributed by atoms with Crippen molar-refractivity contribution in [2.75, 3.05) is 13.2 Å². The van der Waals surface area contributed by atoms with E-state index >= 15 is 0 Å². The molecule has 106 valence electrons. The predicted molar refractivity (Wildman–Crippen MR) is 75.6 cm³/mol. The molecule has 4 heteroatoms. The molecule has 1 atom stereocenters. The van der Waals surface area contributed by atoms with Gasteiger partial charge in [-0.15, -0.1) is 0 Å². The first-order valence-electron chi connectivity index (χ1n) is 6.79. The number of hydrogen-bond acceptors (Lipinski definition) is 3. The van der Waals surface area contributed by atoms with Crippen LogP contribution in [0.15, 0.2) is 22.6 Å². The Kier molecular flexibility index (Phi) is 6.97. The van der Waals surface area contributed by atoms with E-state index in [1.165, 1.54) is 6.08 Å². The second-order valence-corrected chi connectivity index (χ2v) is 4.69.